The molecule has 6 heteroatoms. The maximum Gasteiger partial charge on any atom is 0.272 e. The molecule has 0 radical (unpaired) electrons. The Morgan fingerprint density at radius 3 is 2.07 bits per heavy atom. The number of nitrogens with zero attached hydrogens (tertiary/aromatic N) is 4. The average molecular weight is 385 g/mol. The van der Waals surface area contributed by atoms with Crippen molar-refractivity contribution in [2.75, 3.05) is 0 Å². The molecule has 0 saturated carbocycles. The highest BCUT2D eigenvalue weighted by molar-refractivity contribution is 5.92. The summed E-state index contributed by atoms with van der Waals surface area (Å²) in [5.41, 5.74) is 6.17. The van der Waals surface area contributed by atoms with Crippen LogP contribution < -0.4 is 5.32 Å². The van der Waals surface area contributed by atoms with Gasteiger partial charge in [-0.05, 0) is 51.1 Å². The van der Waals surface area contributed by atoms with Crippen molar-refractivity contribution in [1.82, 2.24) is 24.9 Å². The Morgan fingerprint density at radius 1 is 0.862 bits per heavy atom. The Hall–Kier alpha value is -3.67. The summed E-state index contributed by atoms with van der Waals surface area (Å²) in [6.45, 7) is 6.32. The second kappa shape index (κ2) is 7.75. The molecule has 29 heavy (non-hydrogen) atoms. The third kappa shape index (κ3) is 3.69. The normalized spacial score (nSPS) is 10.9. The van der Waals surface area contributed by atoms with E-state index in [-0.39, 0.29) is 5.91 Å². The number of carbonyl (C=O) groups is 1. The van der Waals surface area contributed by atoms with E-state index in [2.05, 4.69) is 15.5 Å². The molecule has 6 nitrogen and oxygen atoms in total. The number of aromatic nitrogens is 4. The molecule has 0 spiro atoms. The van der Waals surface area contributed by atoms with Crippen LogP contribution >= 0.6 is 0 Å². The Morgan fingerprint density at radius 2 is 1.45 bits per heavy atom. The van der Waals surface area contributed by atoms with Gasteiger partial charge in [-0.3, -0.25) is 4.79 Å². The molecule has 0 aliphatic carbocycles. The third-order valence-electron chi connectivity index (χ3n) is 4.99. The lowest BCUT2D eigenvalue weighted by molar-refractivity contribution is 0.0945. The Labute approximate surface area is 169 Å². The summed E-state index contributed by atoms with van der Waals surface area (Å²) in [7, 11) is 0. The van der Waals surface area contributed by atoms with Gasteiger partial charge >= 0.3 is 0 Å². The van der Waals surface area contributed by atoms with Crippen molar-refractivity contribution < 1.29 is 4.79 Å². The molecule has 0 saturated heterocycles. The molecule has 2 aromatic heterocycles. The Balaban J connectivity index is 1.52. The highest BCUT2D eigenvalue weighted by Crippen LogP contribution is 2.18. The van der Waals surface area contributed by atoms with Crippen LogP contribution in [-0.4, -0.2) is 25.5 Å². The van der Waals surface area contributed by atoms with E-state index in [1.54, 1.807) is 10.7 Å². The van der Waals surface area contributed by atoms with Gasteiger partial charge < -0.3 is 5.32 Å². The number of amides is 1. The Kier molecular flexibility index (Phi) is 4.99. The van der Waals surface area contributed by atoms with E-state index in [4.69, 9.17) is 0 Å². The molecule has 146 valence electrons. The first-order valence-electron chi connectivity index (χ1n) is 9.55. The molecular weight excluding hydrogens is 362 g/mol. The number of carbonyl (C=O) groups excluding carboxylic acids is 1. The fraction of sp³-hybridized carbons (Fsp3) is 0.174. The molecule has 1 N–H and O–H groups in total. The van der Waals surface area contributed by atoms with Gasteiger partial charge in [0.05, 0.1) is 17.1 Å². The average Bonchev–Trinajstić information content (AvgIpc) is 3.27. The van der Waals surface area contributed by atoms with Crippen LogP contribution in [0.3, 0.4) is 0 Å². The number of hydrogen-bond acceptors (Lipinski definition) is 3. The van der Waals surface area contributed by atoms with Crippen LogP contribution in [0, 0.1) is 20.8 Å². The van der Waals surface area contributed by atoms with Gasteiger partial charge in [0.15, 0.2) is 5.69 Å². The topological polar surface area (TPSA) is 64.7 Å². The summed E-state index contributed by atoms with van der Waals surface area (Å²) < 4.78 is 3.68. The van der Waals surface area contributed by atoms with Gasteiger partial charge in [0.1, 0.15) is 0 Å². The Bertz CT molecular complexity index is 1140. The minimum absolute atomic E-state index is 0.200. The van der Waals surface area contributed by atoms with Crippen LogP contribution in [0.25, 0.3) is 11.4 Å². The van der Waals surface area contributed by atoms with Gasteiger partial charge in [0, 0.05) is 23.5 Å². The molecule has 0 aliphatic heterocycles. The van der Waals surface area contributed by atoms with Crippen molar-refractivity contribution >= 4 is 5.91 Å². The lowest BCUT2D eigenvalue weighted by Gasteiger charge is -2.06. The first kappa shape index (κ1) is 18.7. The van der Waals surface area contributed by atoms with Crippen LogP contribution in [0.15, 0.2) is 66.7 Å². The van der Waals surface area contributed by atoms with Crippen LogP contribution in [0.1, 0.15) is 33.1 Å². The van der Waals surface area contributed by atoms with Crippen molar-refractivity contribution in [3.63, 3.8) is 0 Å². The van der Waals surface area contributed by atoms with Gasteiger partial charge in [-0.15, -0.1) is 0 Å². The molecule has 0 fully saturated rings. The molecule has 2 heterocycles. The maximum atomic E-state index is 12.7. The van der Waals surface area contributed by atoms with Crippen LogP contribution in [0.2, 0.25) is 0 Å². The molecule has 0 atom stereocenters. The van der Waals surface area contributed by atoms with Crippen molar-refractivity contribution in [3.05, 3.63) is 95.1 Å². The lowest BCUT2D eigenvalue weighted by Crippen LogP contribution is -2.24. The van der Waals surface area contributed by atoms with Crippen LogP contribution in [-0.2, 0) is 6.54 Å². The lowest BCUT2D eigenvalue weighted by atomic mass is 10.2. The number of nitrogens with one attached hydrogen (secondary N) is 1. The molecule has 4 aromatic rings. The molecule has 0 aliphatic rings. The number of benzene rings is 2. The standard InChI is InChI=1S/C23H23N5O/c1-16-14-22(26-27(16)19-10-6-4-7-11-19)23(29)24-15-21-17(2)25-28(18(21)3)20-12-8-5-9-13-20/h4-14H,15H2,1-3H3,(H,24,29). The molecular formula is C23H23N5O. The predicted octanol–water partition coefficient (Wildman–Crippen LogP) is 3.91. The van der Waals surface area contributed by atoms with Gasteiger partial charge in [-0.2, -0.15) is 10.2 Å². The van der Waals surface area contributed by atoms with E-state index in [0.29, 0.717) is 12.2 Å². The van der Waals surface area contributed by atoms with Crippen molar-refractivity contribution in [3.8, 4) is 11.4 Å². The van der Waals surface area contributed by atoms with E-state index >= 15 is 0 Å². The second-order valence-corrected chi connectivity index (χ2v) is 7.00. The van der Waals surface area contributed by atoms with Crippen LogP contribution in [0.4, 0.5) is 0 Å². The maximum absolute atomic E-state index is 12.7. The van der Waals surface area contributed by atoms with E-state index in [1.165, 1.54) is 0 Å². The zero-order valence-electron chi connectivity index (χ0n) is 16.8. The number of hydrogen-bond donors (Lipinski definition) is 1. The summed E-state index contributed by atoms with van der Waals surface area (Å²) in [5, 5.41) is 12.1. The highest BCUT2D eigenvalue weighted by atomic mass is 16.1. The number of rotatable bonds is 5. The molecule has 0 bridgehead atoms. The summed E-state index contributed by atoms with van der Waals surface area (Å²) in [4.78, 5) is 12.7. The van der Waals surface area contributed by atoms with Gasteiger partial charge in [0.2, 0.25) is 0 Å². The molecule has 4 rings (SSSR count). The second-order valence-electron chi connectivity index (χ2n) is 7.00. The zero-order chi connectivity index (χ0) is 20.4. The zero-order valence-corrected chi connectivity index (χ0v) is 16.8. The van der Waals surface area contributed by atoms with E-state index < -0.39 is 0 Å². The minimum Gasteiger partial charge on any atom is -0.346 e. The fourth-order valence-corrected chi connectivity index (χ4v) is 3.43. The van der Waals surface area contributed by atoms with Crippen molar-refractivity contribution in [2.45, 2.75) is 27.3 Å². The van der Waals surface area contributed by atoms with E-state index in [1.807, 2.05) is 86.1 Å². The fourth-order valence-electron chi connectivity index (χ4n) is 3.43. The van der Waals surface area contributed by atoms with E-state index in [0.717, 1.165) is 34.0 Å². The molecule has 2 aromatic carbocycles. The number of aryl methyl sites for hydroxylation is 2. The highest BCUT2D eigenvalue weighted by Gasteiger charge is 2.16. The quantitative estimate of drug-likeness (QED) is 0.566. The number of para-hydroxylation sites is 2. The smallest absolute Gasteiger partial charge is 0.272 e. The third-order valence-corrected chi connectivity index (χ3v) is 4.99. The first-order chi connectivity index (χ1) is 14.0. The largest absolute Gasteiger partial charge is 0.346 e. The summed E-state index contributed by atoms with van der Waals surface area (Å²) in [6, 6.07) is 21.6. The first-order valence-corrected chi connectivity index (χ1v) is 9.55. The summed E-state index contributed by atoms with van der Waals surface area (Å²) >= 11 is 0. The molecule has 1 amide bonds. The summed E-state index contributed by atoms with van der Waals surface area (Å²) in [5.74, 6) is -0.200. The van der Waals surface area contributed by atoms with Crippen molar-refractivity contribution in [1.29, 1.82) is 0 Å². The van der Waals surface area contributed by atoms with Crippen molar-refractivity contribution in [2.24, 2.45) is 0 Å². The van der Waals surface area contributed by atoms with Gasteiger partial charge in [-0.1, -0.05) is 36.4 Å². The van der Waals surface area contributed by atoms with E-state index in [9.17, 15) is 4.79 Å². The predicted molar refractivity (Wildman–Crippen MR) is 113 cm³/mol. The molecule has 0 unspecified atom stereocenters. The SMILES string of the molecule is Cc1nn(-c2ccccc2)c(C)c1CNC(=O)c1cc(C)n(-c2ccccc2)n1. The van der Waals surface area contributed by atoms with Gasteiger partial charge in [0.25, 0.3) is 5.91 Å². The minimum atomic E-state index is -0.200. The van der Waals surface area contributed by atoms with Gasteiger partial charge in [-0.25, -0.2) is 9.36 Å². The monoisotopic (exact) mass is 385 g/mol. The summed E-state index contributed by atoms with van der Waals surface area (Å²) in [6.07, 6.45) is 0. The van der Waals surface area contributed by atoms with Crippen LogP contribution in [0.5, 0.6) is 0 Å².